The van der Waals surface area contributed by atoms with E-state index < -0.39 is 23.5 Å². The lowest BCUT2D eigenvalue weighted by atomic mass is 9.93. The van der Waals surface area contributed by atoms with Gasteiger partial charge in [0.05, 0.1) is 11.5 Å². The summed E-state index contributed by atoms with van der Waals surface area (Å²) in [5.41, 5.74) is 4.61. The fourth-order valence-corrected chi connectivity index (χ4v) is 2.87. The number of nitrogens with zero attached hydrogens (tertiary/aromatic N) is 1. The van der Waals surface area contributed by atoms with Crippen molar-refractivity contribution < 1.29 is 18.0 Å². The molecule has 1 aliphatic rings. The van der Waals surface area contributed by atoms with Crippen molar-refractivity contribution in [2.45, 2.75) is 51.2 Å². The lowest BCUT2D eigenvalue weighted by molar-refractivity contribution is -0.186. The molecular formula is C14H26F3N3O. The molecule has 0 aromatic heterocycles. The first kappa shape index (κ1) is 18.2. The summed E-state index contributed by atoms with van der Waals surface area (Å²) in [5, 5.41) is 3.06. The summed E-state index contributed by atoms with van der Waals surface area (Å²) in [6, 6.07) is 0. The molecular weight excluding hydrogens is 283 g/mol. The van der Waals surface area contributed by atoms with Gasteiger partial charge in [-0.05, 0) is 52.2 Å². The van der Waals surface area contributed by atoms with E-state index in [0.717, 1.165) is 0 Å². The van der Waals surface area contributed by atoms with Crippen molar-refractivity contribution in [3.63, 3.8) is 0 Å². The zero-order valence-electron chi connectivity index (χ0n) is 12.8. The SMILES string of the molecule is CCNC(C)(CCCN1CCCC(C(F)(F)F)C1)C(N)=O. The van der Waals surface area contributed by atoms with E-state index in [1.807, 2.05) is 11.8 Å². The molecule has 2 unspecified atom stereocenters. The van der Waals surface area contributed by atoms with Crippen molar-refractivity contribution in [3.8, 4) is 0 Å². The molecule has 0 spiro atoms. The number of hydrogen-bond acceptors (Lipinski definition) is 3. The second-order valence-corrected chi connectivity index (χ2v) is 6.01. The molecule has 2 atom stereocenters. The highest BCUT2D eigenvalue weighted by Crippen LogP contribution is 2.33. The first-order valence-electron chi connectivity index (χ1n) is 7.53. The number of hydrogen-bond donors (Lipinski definition) is 2. The van der Waals surface area contributed by atoms with Crippen LogP contribution in [-0.2, 0) is 4.79 Å². The number of nitrogens with two attached hydrogens (primary N) is 1. The molecule has 3 N–H and O–H groups in total. The van der Waals surface area contributed by atoms with Gasteiger partial charge in [0.25, 0.3) is 0 Å². The Morgan fingerprint density at radius 1 is 1.43 bits per heavy atom. The Hall–Kier alpha value is -0.820. The van der Waals surface area contributed by atoms with E-state index in [1.54, 1.807) is 6.92 Å². The number of likely N-dealkylation sites (tertiary alicyclic amines) is 1. The fraction of sp³-hybridized carbons (Fsp3) is 0.929. The number of halogens is 3. The van der Waals surface area contributed by atoms with Crippen molar-refractivity contribution in [2.75, 3.05) is 26.2 Å². The third-order valence-electron chi connectivity index (χ3n) is 4.23. The van der Waals surface area contributed by atoms with Crippen molar-refractivity contribution in [1.29, 1.82) is 0 Å². The summed E-state index contributed by atoms with van der Waals surface area (Å²) in [6.45, 7) is 5.59. The summed E-state index contributed by atoms with van der Waals surface area (Å²) < 4.78 is 38.2. The Labute approximate surface area is 124 Å². The highest BCUT2D eigenvalue weighted by atomic mass is 19.4. The number of carbonyl (C=O) groups excluding carboxylic acids is 1. The van der Waals surface area contributed by atoms with E-state index in [0.29, 0.717) is 38.9 Å². The maximum Gasteiger partial charge on any atom is 0.393 e. The fourth-order valence-electron chi connectivity index (χ4n) is 2.87. The van der Waals surface area contributed by atoms with Gasteiger partial charge in [0.15, 0.2) is 0 Å². The zero-order chi connectivity index (χ0) is 16.1. The van der Waals surface area contributed by atoms with Gasteiger partial charge in [-0.3, -0.25) is 4.79 Å². The predicted molar refractivity (Wildman–Crippen MR) is 75.7 cm³/mol. The highest BCUT2D eigenvalue weighted by molar-refractivity contribution is 5.84. The number of nitrogens with one attached hydrogen (secondary N) is 1. The predicted octanol–water partition coefficient (Wildman–Crippen LogP) is 1.89. The number of amides is 1. The van der Waals surface area contributed by atoms with Crippen LogP contribution in [0.25, 0.3) is 0 Å². The number of alkyl halides is 3. The quantitative estimate of drug-likeness (QED) is 0.755. The minimum absolute atomic E-state index is 0.0675. The van der Waals surface area contributed by atoms with E-state index in [4.69, 9.17) is 5.73 Å². The molecule has 0 aliphatic carbocycles. The molecule has 1 amide bonds. The smallest absolute Gasteiger partial charge is 0.368 e. The largest absolute Gasteiger partial charge is 0.393 e. The van der Waals surface area contributed by atoms with Crippen LogP contribution >= 0.6 is 0 Å². The van der Waals surface area contributed by atoms with Crippen LogP contribution in [-0.4, -0.2) is 48.7 Å². The summed E-state index contributed by atoms with van der Waals surface area (Å²) in [7, 11) is 0. The maximum absolute atomic E-state index is 12.7. The monoisotopic (exact) mass is 309 g/mol. The summed E-state index contributed by atoms with van der Waals surface area (Å²) >= 11 is 0. The van der Waals surface area contributed by atoms with Crippen LogP contribution in [0.15, 0.2) is 0 Å². The number of piperidine rings is 1. The van der Waals surface area contributed by atoms with Gasteiger partial charge in [-0.25, -0.2) is 0 Å². The normalized spacial score (nSPS) is 23.8. The van der Waals surface area contributed by atoms with Crippen molar-refractivity contribution in [3.05, 3.63) is 0 Å². The highest BCUT2D eigenvalue weighted by Gasteiger charge is 2.41. The molecule has 0 aromatic carbocycles. The Kier molecular flexibility index (Phi) is 6.46. The van der Waals surface area contributed by atoms with E-state index >= 15 is 0 Å². The first-order chi connectivity index (χ1) is 9.69. The van der Waals surface area contributed by atoms with E-state index in [2.05, 4.69) is 5.32 Å². The van der Waals surface area contributed by atoms with Crippen LogP contribution in [0, 0.1) is 5.92 Å². The van der Waals surface area contributed by atoms with Gasteiger partial charge in [-0.2, -0.15) is 13.2 Å². The van der Waals surface area contributed by atoms with E-state index in [1.165, 1.54) is 0 Å². The van der Waals surface area contributed by atoms with Crippen LogP contribution in [0.1, 0.15) is 39.5 Å². The van der Waals surface area contributed by atoms with Crippen LogP contribution in [0.3, 0.4) is 0 Å². The molecule has 124 valence electrons. The zero-order valence-corrected chi connectivity index (χ0v) is 12.8. The minimum Gasteiger partial charge on any atom is -0.368 e. The molecule has 1 rings (SSSR count). The van der Waals surface area contributed by atoms with Gasteiger partial charge in [0, 0.05) is 6.54 Å². The molecule has 0 aromatic rings. The molecule has 0 radical (unpaired) electrons. The number of likely N-dealkylation sites (N-methyl/N-ethyl adjacent to an activating group) is 1. The summed E-state index contributed by atoms with van der Waals surface area (Å²) in [6.07, 6.45) is -2.13. The van der Waals surface area contributed by atoms with E-state index in [-0.39, 0.29) is 13.0 Å². The Morgan fingerprint density at radius 3 is 2.62 bits per heavy atom. The first-order valence-corrected chi connectivity index (χ1v) is 7.53. The third kappa shape index (κ3) is 5.47. The van der Waals surface area contributed by atoms with Crippen LogP contribution in [0.2, 0.25) is 0 Å². The van der Waals surface area contributed by atoms with Gasteiger partial charge in [-0.15, -0.1) is 0 Å². The minimum atomic E-state index is -4.11. The average Bonchev–Trinajstić information content (AvgIpc) is 2.38. The van der Waals surface area contributed by atoms with Gasteiger partial charge in [0.2, 0.25) is 5.91 Å². The molecule has 0 bridgehead atoms. The lowest BCUT2D eigenvalue weighted by Crippen LogP contribution is -2.53. The third-order valence-corrected chi connectivity index (χ3v) is 4.23. The molecule has 1 heterocycles. The Bertz CT molecular complexity index is 349. The van der Waals surface area contributed by atoms with Crippen molar-refractivity contribution >= 4 is 5.91 Å². The van der Waals surface area contributed by atoms with E-state index in [9.17, 15) is 18.0 Å². The van der Waals surface area contributed by atoms with Gasteiger partial charge < -0.3 is 16.0 Å². The summed E-state index contributed by atoms with van der Waals surface area (Å²) in [5.74, 6) is -1.64. The van der Waals surface area contributed by atoms with Crippen molar-refractivity contribution in [2.24, 2.45) is 11.7 Å². The average molecular weight is 309 g/mol. The second kappa shape index (κ2) is 7.45. The standard InChI is InChI=1S/C14H26F3N3O/c1-3-19-13(2,12(18)21)7-5-9-20-8-4-6-11(10-20)14(15,16)17/h11,19H,3-10H2,1-2H3,(H2,18,21). The van der Waals surface area contributed by atoms with Crippen LogP contribution < -0.4 is 11.1 Å². The second-order valence-electron chi connectivity index (χ2n) is 6.01. The van der Waals surface area contributed by atoms with Gasteiger partial charge >= 0.3 is 6.18 Å². The number of carbonyl (C=O) groups is 1. The van der Waals surface area contributed by atoms with Crippen LogP contribution in [0.4, 0.5) is 13.2 Å². The molecule has 1 saturated heterocycles. The summed E-state index contributed by atoms with van der Waals surface area (Å²) in [4.78, 5) is 13.3. The number of primary amides is 1. The van der Waals surface area contributed by atoms with Gasteiger partial charge in [0.1, 0.15) is 0 Å². The molecule has 0 saturated carbocycles. The topological polar surface area (TPSA) is 58.4 Å². The lowest BCUT2D eigenvalue weighted by Gasteiger charge is -2.34. The Balaban J connectivity index is 2.43. The van der Waals surface area contributed by atoms with Crippen molar-refractivity contribution in [1.82, 2.24) is 10.2 Å². The molecule has 4 nitrogen and oxygen atoms in total. The van der Waals surface area contributed by atoms with Gasteiger partial charge in [-0.1, -0.05) is 6.92 Å². The molecule has 21 heavy (non-hydrogen) atoms. The Morgan fingerprint density at radius 2 is 2.10 bits per heavy atom. The molecule has 1 aliphatic heterocycles. The maximum atomic E-state index is 12.7. The van der Waals surface area contributed by atoms with Crippen LogP contribution in [0.5, 0.6) is 0 Å². The molecule has 1 fully saturated rings. The molecule has 7 heteroatoms. The number of rotatable bonds is 7.